The van der Waals surface area contributed by atoms with Gasteiger partial charge in [-0.25, -0.2) is 33.9 Å². The summed E-state index contributed by atoms with van der Waals surface area (Å²) in [5, 5.41) is 20.7. The minimum absolute atomic E-state index is 0.318. The van der Waals surface area contributed by atoms with Crippen LogP contribution in [0.15, 0.2) is 18.7 Å². The molecule has 2 aromatic rings. The average Bonchev–Trinajstić information content (AvgIpc) is 3.35. The van der Waals surface area contributed by atoms with E-state index in [2.05, 4.69) is 34.1 Å². The summed E-state index contributed by atoms with van der Waals surface area (Å²) in [7, 11) is -16.7. The first-order chi connectivity index (χ1) is 15.3. The van der Waals surface area contributed by atoms with Gasteiger partial charge in [0.2, 0.25) is 0 Å². The van der Waals surface area contributed by atoms with Gasteiger partial charge in [-0.1, -0.05) is 0 Å². The smallest absolute Gasteiger partial charge is 0.387 e. The van der Waals surface area contributed by atoms with Gasteiger partial charge in [-0.3, -0.25) is 14.5 Å². The number of anilines is 1. The number of imidazole rings is 2. The van der Waals surface area contributed by atoms with Crippen LogP contribution in [0.2, 0.25) is 0 Å². The predicted octanol–water partition coefficient (Wildman–Crippen LogP) is -1.41. The molecule has 19 nitrogen and oxygen atoms in total. The quantitative estimate of drug-likeness (QED) is 0.181. The summed E-state index contributed by atoms with van der Waals surface area (Å²) >= 11 is 0. The number of aliphatic hydroxyl groups is 2. The number of rotatable bonds is 8. The Labute approximate surface area is 182 Å². The largest absolute Gasteiger partial charge is 0.490 e. The Bertz CT molecular complexity index is 1180. The molecule has 2 aromatic heterocycles. The van der Waals surface area contributed by atoms with Gasteiger partial charge in [0, 0.05) is 12.4 Å². The predicted molar refractivity (Wildman–Crippen MR) is 102 cm³/mol. The highest BCUT2D eigenvalue weighted by Crippen LogP contribution is 2.66. The SMILES string of the molecule is O=P(O)(O)OP(=O)(O)OP(=O)(O)OC[C@H]1O[C@@H](n2cnc3c2NNn2ccnc2-3)[C@H](O)[C@@H]1O. The summed E-state index contributed by atoms with van der Waals surface area (Å²) in [6.45, 7) is -0.939. The second-order valence-corrected chi connectivity index (χ2v) is 11.1. The van der Waals surface area contributed by atoms with Gasteiger partial charge in [-0.15, -0.1) is 0 Å². The summed E-state index contributed by atoms with van der Waals surface area (Å²) in [4.78, 5) is 44.1. The minimum Gasteiger partial charge on any atom is -0.387 e. The molecular formula is C11H17N6O13P3. The first kappa shape index (κ1) is 24.4. The van der Waals surface area contributed by atoms with Gasteiger partial charge in [0.05, 0.1) is 12.9 Å². The van der Waals surface area contributed by atoms with E-state index >= 15 is 0 Å². The fraction of sp³-hybridized carbons (Fsp3) is 0.455. The Hall–Kier alpha value is -1.69. The molecule has 22 heteroatoms. The van der Waals surface area contributed by atoms with Crippen LogP contribution in [-0.4, -0.2) is 73.9 Å². The van der Waals surface area contributed by atoms with E-state index in [4.69, 9.17) is 19.4 Å². The van der Waals surface area contributed by atoms with Gasteiger partial charge in [-0.05, 0) is 0 Å². The van der Waals surface area contributed by atoms with Crippen molar-refractivity contribution in [3.63, 3.8) is 0 Å². The summed E-state index contributed by atoms with van der Waals surface area (Å²) < 4.78 is 53.9. The van der Waals surface area contributed by atoms with Gasteiger partial charge in [-0.2, -0.15) is 8.62 Å². The molecule has 6 atom stereocenters. The van der Waals surface area contributed by atoms with Crippen molar-refractivity contribution < 1.29 is 61.4 Å². The molecule has 0 amide bonds. The van der Waals surface area contributed by atoms with E-state index in [0.29, 0.717) is 17.3 Å². The number of phosphoric ester groups is 1. The standard InChI is InChI=1S/C11H17N6O13P3/c18-7-5(3-27-32(23,24)30-33(25,26)29-31(20,21)22)28-11(8(7)19)16-4-13-6-9-12-1-2-17(9)15-14-10(6)16/h1-2,4-5,7-8,11,14-15,18-19H,3H2,(H,23,24)(H,25,26)(H2,20,21,22)/t5-,7-,8-,11-/m1/s1. The third-order valence-corrected chi connectivity index (χ3v) is 8.17. The van der Waals surface area contributed by atoms with E-state index in [1.165, 1.54) is 21.8 Å². The molecule has 4 rings (SSSR count). The van der Waals surface area contributed by atoms with Crippen LogP contribution in [0.4, 0.5) is 5.82 Å². The zero-order valence-corrected chi connectivity index (χ0v) is 18.6. The van der Waals surface area contributed by atoms with Gasteiger partial charge in [0.25, 0.3) is 0 Å². The second-order valence-electron chi connectivity index (χ2n) is 6.64. The van der Waals surface area contributed by atoms with Crippen LogP contribution in [0.25, 0.3) is 11.5 Å². The number of nitrogens with zero attached hydrogens (tertiary/aromatic N) is 4. The van der Waals surface area contributed by atoms with E-state index in [0.717, 1.165) is 0 Å². The van der Waals surface area contributed by atoms with E-state index in [-0.39, 0.29) is 0 Å². The molecule has 2 unspecified atom stereocenters. The molecule has 8 N–H and O–H groups in total. The summed E-state index contributed by atoms with van der Waals surface area (Å²) in [5.41, 5.74) is 5.98. The Morgan fingerprint density at radius 3 is 2.48 bits per heavy atom. The maximum Gasteiger partial charge on any atom is 0.490 e. The molecule has 2 aliphatic rings. The van der Waals surface area contributed by atoms with Crippen LogP contribution in [0, 0.1) is 0 Å². The summed E-state index contributed by atoms with van der Waals surface area (Å²) in [6.07, 6.45) is -1.49. The molecule has 1 saturated heterocycles. The molecule has 184 valence electrons. The van der Waals surface area contributed by atoms with Crippen molar-refractivity contribution in [3.8, 4) is 11.5 Å². The topological polar surface area (TPSA) is 269 Å². The van der Waals surface area contributed by atoms with Gasteiger partial charge in [0.15, 0.2) is 23.6 Å². The average molecular weight is 534 g/mol. The van der Waals surface area contributed by atoms with Crippen LogP contribution in [0.3, 0.4) is 0 Å². The Kier molecular flexibility index (Phi) is 6.30. The zero-order chi connectivity index (χ0) is 24.2. The van der Waals surface area contributed by atoms with Crippen molar-refractivity contribution in [3.05, 3.63) is 18.7 Å². The number of nitrogens with one attached hydrogen (secondary N) is 2. The lowest BCUT2D eigenvalue weighted by atomic mass is 10.1. The molecule has 0 aromatic carbocycles. The van der Waals surface area contributed by atoms with E-state index in [1.807, 2.05) is 0 Å². The summed E-state index contributed by atoms with van der Waals surface area (Å²) in [6, 6.07) is 0. The maximum atomic E-state index is 11.9. The molecule has 0 bridgehead atoms. The molecule has 1 fully saturated rings. The van der Waals surface area contributed by atoms with Gasteiger partial charge >= 0.3 is 23.5 Å². The molecule has 0 radical (unpaired) electrons. The van der Waals surface area contributed by atoms with Crippen molar-refractivity contribution in [2.45, 2.75) is 24.5 Å². The fourth-order valence-corrected chi connectivity index (χ4v) is 6.12. The highest BCUT2D eigenvalue weighted by Gasteiger charge is 2.47. The van der Waals surface area contributed by atoms with Crippen molar-refractivity contribution in [2.75, 3.05) is 17.6 Å². The lowest BCUT2D eigenvalue weighted by molar-refractivity contribution is -0.0510. The van der Waals surface area contributed by atoms with Crippen molar-refractivity contribution >= 4 is 29.3 Å². The molecule has 0 saturated carbocycles. The third kappa shape index (κ3) is 5.21. The highest BCUT2D eigenvalue weighted by atomic mass is 31.3. The number of phosphoric acid groups is 3. The van der Waals surface area contributed by atoms with Crippen LogP contribution in [-0.2, 0) is 31.6 Å². The first-order valence-electron chi connectivity index (χ1n) is 8.69. The van der Waals surface area contributed by atoms with E-state index in [1.54, 1.807) is 6.20 Å². The number of fused-ring (bicyclic) bond motifs is 3. The molecule has 0 aliphatic carbocycles. The molecule has 0 spiro atoms. The Morgan fingerprint density at radius 1 is 1.06 bits per heavy atom. The van der Waals surface area contributed by atoms with Crippen LogP contribution >= 0.6 is 23.5 Å². The fourth-order valence-electron chi connectivity index (χ4n) is 3.09. The van der Waals surface area contributed by atoms with E-state index < -0.39 is 54.6 Å². The number of hydrogen-bond donors (Lipinski definition) is 8. The normalized spacial score (nSPS) is 28.2. The minimum atomic E-state index is -5.70. The molecule has 4 heterocycles. The van der Waals surface area contributed by atoms with Crippen LogP contribution in [0.1, 0.15) is 6.23 Å². The molecule has 33 heavy (non-hydrogen) atoms. The maximum absolute atomic E-state index is 11.9. The lowest BCUT2D eigenvalue weighted by Crippen LogP contribution is -2.34. The first-order valence-corrected chi connectivity index (χ1v) is 13.2. The number of hydrazine groups is 1. The number of aliphatic hydroxyl groups excluding tert-OH is 2. The van der Waals surface area contributed by atoms with E-state index in [9.17, 15) is 28.8 Å². The third-order valence-electron chi connectivity index (χ3n) is 4.37. The number of ether oxygens (including phenoxy) is 1. The monoisotopic (exact) mass is 534 g/mol. The summed E-state index contributed by atoms with van der Waals surface area (Å²) in [5.74, 6) is 0.762. The van der Waals surface area contributed by atoms with Crippen LogP contribution < -0.4 is 11.0 Å². The number of hydrogen-bond acceptors (Lipinski definition) is 13. The molecular weight excluding hydrogens is 517 g/mol. The zero-order valence-electron chi connectivity index (χ0n) is 15.9. The molecule has 2 aliphatic heterocycles. The lowest BCUT2D eigenvalue weighted by Gasteiger charge is -2.23. The Balaban J connectivity index is 1.43. The van der Waals surface area contributed by atoms with Crippen LogP contribution in [0.5, 0.6) is 0 Å². The van der Waals surface area contributed by atoms with Crippen molar-refractivity contribution in [2.24, 2.45) is 0 Å². The van der Waals surface area contributed by atoms with Gasteiger partial charge < -0.3 is 34.5 Å². The second kappa shape index (κ2) is 8.51. The highest BCUT2D eigenvalue weighted by molar-refractivity contribution is 7.66. The van der Waals surface area contributed by atoms with Gasteiger partial charge in [0.1, 0.15) is 18.3 Å². The Morgan fingerprint density at radius 2 is 1.79 bits per heavy atom. The number of aromatic nitrogens is 4. The van der Waals surface area contributed by atoms with Crippen molar-refractivity contribution in [1.29, 1.82) is 0 Å². The van der Waals surface area contributed by atoms with Crippen molar-refractivity contribution in [1.82, 2.24) is 19.2 Å².